The highest BCUT2D eigenvalue weighted by Crippen LogP contribution is 2.31. The Morgan fingerprint density at radius 1 is 1.21 bits per heavy atom. The maximum Gasteiger partial charge on any atom is 0.490 e. The lowest BCUT2D eigenvalue weighted by molar-refractivity contribution is -0.192. The summed E-state index contributed by atoms with van der Waals surface area (Å²) in [5.74, 6) is -3.42. The van der Waals surface area contributed by atoms with Gasteiger partial charge in [0.15, 0.2) is 5.69 Å². The number of nitrogens with zero attached hydrogens (tertiary/aromatic N) is 5. The van der Waals surface area contributed by atoms with E-state index in [0.717, 1.165) is 10.7 Å². The number of amides is 2. The maximum absolute atomic E-state index is 13.3. The minimum absolute atomic E-state index is 0.0721. The number of hydrogen-bond donors (Lipinski definition) is 2. The Morgan fingerprint density at radius 3 is 2.39 bits per heavy atom. The number of carboxylic acids is 1. The standard InChI is InChI=1S/C20H26N6O4S.C2HF3O2/c1-21-18(27)12-25-11-16-19(20(28)24-9-8-14(10-24)23(2)3)22-13-26(16)15-6-4-5-7-17(15)31(25,29)30;3-2(4,5)1(6)7/h4-7,13-14H,8-12H2,1-3H3,(H,21,27);(H,6,7). The molecule has 16 heteroatoms. The summed E-state index contributed by atoms with van der Waals surface area (Å²) < 4.78 is 61.1. The number of likely N-dealkylation sites (tertiary alicyclic amines) is 1. The number of benzene rings is 1. The molecule has 0 aliphatic carbocycles. The Labute approximate surface area is 216 Å². The summed E-state index contributed by atoms with van der Waals surface area (Å²) in [7, 11) is 1.47. The number of carbonyl (C=O) groups excluding carboxylic acids is 2. The zero-order valence-corrected chi connectivity index (χ0v) is 21.6. The third-order valence-electron chi connectivity index (χ3n) is 6.16. The number of fused-ring (bicyclic) bond motifs is 3. The van der Waals surface area contributed by atoms with Crippen molar-refractivity contribution in [1.82, 2.24) is 29.0 Å². The van der Waals surface area contributed by atoms with Gasteiger partial charge in [-0.1, -0.05) is 12.1 Å². The molecule has 0 bridgehead atoms. The van der Waals surface area contributed by atoms with Crippen LogP contribution >= 0.6 is 0 Å². The maximum atomic E-state index is 13.3. The molecule has 38 heavy (non-hydrogen) atoms. The SMILES string of the molecule is CNC(=O)CN1Cc2c(C(=O)N3CCC(N(C)C)C3)ncn2-c2ccccc2S1(=O)=O.O=C(O)C(F)(F)F. The molecule has 2 aliphatic rings. The van der Waals surface area contributed by atoms with Gasteiger partial charge in [0.2, 0.25) is 15.9 Å². The molecule has 2 aromatic rings. The summed E-state index contributed by atoms with van der Waals surface area (Å²) in [5, 5.41) is 9.59. The van der Waals surface area contributed by atoms with Crippen LogP contribution in [0.1, 0.15) is 22.6 Å². The van der Waals surface area contributed by atoms with Crippen LogP contribution in [-0.4, -0.2) is 108 Å². The zero-order chi connectivity index (χ0) is 28.4. The number of alkyl halides is 3. The first kappa shape index (κ1) is 29.1. The number of halogens is 3. The predicted octanol–water partition coefficient (Wildman–Crippen LogP) is 0.532. The van der Waals surface area contributed by atoms with Crippen molar-refractivity contribution in [2.75, 3.05) is 40.8 Å². The fraction of sp³-hybridized carbons (Fsp3) is 0.455. The van der Waals surface area contributed by atoms with E-state index in [0.29, 0.717) is 24.5 Å². The summed E-state index contributed by atoms with van der Waals surface area (Å²) in [5.41, 5.74) is 1.08. The number of aromatic nitrogens is 2. The van der Waals surface area contributed by atoms with Gasteiger partial charge >= 0.3 is 12.1 Å². The minimum atomic E-state index is -5.08. The highest BCUT2D eigenvalue weighted by molar-refractivity contribution is 7.89. The molecule has 1 unspecified atom stereocenters. The molecule has 2 amide bonds. The number of aliphatic carboxylic acids is 1. The van der Waals surface area contributed by atoms with E-state index < -0.39 is 28.1 Å². The fourth-order valence-electron chi connectivity index (χ4n) is 4.05. The lowest BCUT2D eigenvalue weighted by Gasteiger charge is -2.21. The Kier molecular flexibility index (Phi) is 8.48. The summed E-state index contributed by atoms with van der Waals surface area (Å²) in [6.07, 6.45) is -2.73. The second kappa shape index (κ2) is 11.1. The second-order valence-electron chi connectivity index (χ2n) is 8.78. The molecule has 3 heterocycles. The summed E-state index contributed by atoms with van der Waals surface area (Å²) in [6, 6.07) is 6.81. The van der Waals surface area contributed by atoms with Gasteiger partial charge in [-0.3, -0.25) is 14.2 Å². The van der Waals surface area contributed by atoms with Gasteiger partial charge in [-0.15, -0.1) is 0 Å². The van der Waals surface area contributed by atoms with Crippen molar-refractivity contribution in [3.8, 4) is 5.69 Å². The molecule has 1 saturated heterocycles. The highest BCUT2D eigenvalue weighted by Gasteiger charge is 2.39. The number of rotatable bonds is 4. The van der Waals surface area contributed by atoms with Crippen molar-refractivity contribution in [3.63, 3.8) is 0 Å². The van der Waals surface area contributed by atoms with Crippen molar-refractivity contribution in [2.24, 2.45) is 0 Å². The molecule has 1 fully saturated rings. The van der Waals surface area contributed by atoms with Crippen LogP contribution in [0, 0.1) is 0 Å². The first-order valence-electron chi connectivity index (χ1n) is 11.3. The van der Waals surface area contributed by atoms with E-state index in [4.69, 9.17) is 9.90 Å². The zero-order valence-electron chi connectivity index (χ0n) is 20.8. The van der Waals surface area contributed by atoms with E-state index >= 15 is 0 Å². The van der Waals surface area contributed by atoms with Gasteiger partial charge in [-0.2, -0.15) is 17.5 Å². The first-order chi connectivity index (χ1) is 17.7. The molecule has 1 aromatic heterocycles. The fourth-order valence-corrected chi connectivity index (χ4v) is 5.59. The Hall–Kier alpha value is -3.50. The molecular formula is C22H27F3N6O6S. The second-order valence-corrected chi connectivity index (χ2v) is 10.7. The normalized spacial score (nSPS) is 18.6. The topological polar surface area (TPSA) is 145 Å². The van der Waals surface area contributed by atoms with E-state index in [-0.39, 0.29) is 35.6 Å². The van der Waals surface area contributed by atoms with Crippen LogP contribution in [0.2, 0.25) is 0 Å². The quantitative estimate of drug-likeness (QED) is 0.551. The van der Waals surface area contributed by atoms with Gasteiger partial charge in [0.1, 0.15) is 11.2 Å². The van der Waals surface area contributed by atoms with Crippen molar-refractivity contribution >= 4 is 27.8 Å². The minimum Gasteiger partial charge on any atom is -0.475 e. The van der Waals surface area contributed by atoms with E-state index in [9.17, 15) is 31.2 Å². The van der Waals surface area contributed by atoms with E-state index in [2.05, 4.69) is 15.2 Å². The Balaban J connectivity index is 0.000000505. The number of sulfonamides is 1. The van der Waals surface area contributed by atoms with Crippen LogP contribution in [0.25, 0.3) is 5.69 Å². The Bertz CT molecular complexity index is 1330. The third kappa shape index (κ3) is 5.97. The molecule has 0 radical (unpaired) electrons. The number of nitrogens with one attached hydrogen (secondary N) is 1. The number of carbonyl (C=O) groups is 3. The average molecular weight is 561 g/mol. The summed E-state index contributed by atoms with van der Waals surface area (Å²) in [6.45, 7) is 0.731. The van der Waals surface area contributed by atoms with Gasteiger partial charge in [0, 0.05) is 26.2 Å². The van der Waals surface area contributed by atoms with E-state index in [1.54, 1.807) is 27.7 Å². The molecule has 12 nitrogen and oxygen atoms in total. The number of hydrogen-bond acceptors (Lipinski definition) is 7. The number of imidazole rings is 1. The molecule has 1 aromatic carbocycles. The number of likely N-dealkylation sites (N-methyl/N-ethyl adjacent to an activating group) is 2. The predicted molar refractivity (Wildman–Crippen MR) is 127 cm³/mol. The molecule has 2 aliphatic heterocycles. The largest absolute Gasteiger partial charge is 0.490 e. The summed E-state index contributed by atoms with van der Waals surface area (Å²) >= 11 is 0. The molecule has 208 valence electrons. The van der Waals surface area contributed by atoms with Crippen molar-refractivity contribution in [1.29, 1.82) is 0 Å². The van der Waals surface area contributed by atoms with Crippen LogP contribution in [-0.2, 0) is 26.2 Å². The van der Waals surface area contributed by atoms with Crippen LogP contribution in [0.15, 0.2) is 35.5 Å². The molecule has 4 rings (SSSR count). The van der Waals surface area contributed by atoms with Crippen LogP contribution < -0.4 is 5.32 Å². The average Bonchev–Trinajstić information content (AvgIpc) is 3.49. The molecule has 1 atom stereocenters. The van der Waals surface area contributed by atoms with Crippen LogP contribution in [0.4, 0.5) is 13.2 Å². The highest BCUT2D eigenvalue weighted by atomic mass is 32.2. The number of para-hydroxylation sites is 1. The van der Waals surface area contributed by atoms with E-state index in [1.807, 2.05) is 14.1 Å². The smallest absolute Gasteiger partial charge is 0.475 e. The summed E-state index contributed by atoms with van der Waals surface area (Å²) in [4.78, 5) is 42.5. The molecular weight excluding hydrogens is 533 g/mol. The lowest BCUT2D eigenvalue weighted by Crippen LogP contribution is -2.39. The number of carboxylic acid groups (broad SMARTS) is 1. The van der Waals surface area contributed by atoms with Gasteiger partial charge < -0.3 is 20.2 Å². The molecule has 0 spiro atoms. The Morgan fingerprint density at radius 2 is 1.84 bits per heavy atom. The molecule has 0 saturated carbocycles. The van der Waals surface area contributed by atoms with Gasteiger partial charge in [0.25, 0.3) is 5.91 Å². The van der Waals surface area contributed by atoms with Crippen molar-refractivity contribution < 1.29 is 41.1 Å². The first-order valence-corrected chi connectivity index (χ1v) is 12.7. The van der Waals surface area contributed by atoms with Gasteiger partial charge in [0.05, 0.1) is 24.5 Å². The van der Waals surface area contributed by atoms with Gasteiger partial charge in [-0.05, 0) is 32.6 Å². The lowest BCUT2D eigenvalue weighted by atomic mass is 10.2. The molecule has 2 N–H and O–H groups in total. The van der Waals surface area contributed by atoms with Crippen molar-refractivity contribution in [2.45, 2.75) is 30.1 Å². The monoisotopic (exact) mass is 560 g/mol. The van der Waals surface area contributed by atoms with Crippen LogP contribution in [0.5, 0.6) is 0 Å². The van der Waals surface area contributed by atoms with Crippen molar-refractivity contribution in [3.05, 3.63) is 42.0 Å². The van der Waals surface area contributed by atoms with Crippen LogP contribution in [0.3, 0.4) is 0 Å². The van der Waals surface area contributed by atoms with E-state index in [1.165, 1.54) is 19.4 Å². The van der Waals surface area contributed by atoms with Gasteiger partial charge in [-0.25, -0.2) is 18.2 Å². The third-order valence-corrected chi connectivity index (χ3v) is 8.00.